The molecule has 0 aromatic heterocycles. The number of hydrogen-bond acceptors (Lipinski definition) is 5. The number of rotatable bonds is 6. The zero-order valence-corrected chi connectivity index (χ0v) is 16.0. The van der Waals surface area contributed by atoms with Gasteiger partial charge in [0.15, 0.2) is 0 Å². The third kappa shape index (κ3) is 5.26. The second-order valence-electron chi connectivity index (χ2n) is 5.91. The number of hydrogen-bond donors (Lipinski definition) is 2. The molecule has 0 aliphatic heterocycles. The summed E-state index contributed by atoms with van der Waals surface area (Å²) in [6, 6.07) is 20.9. The molecule has 0 spiro atoms. The molecule has 0 heterocycles. The molecule has 7 heteroatoms. The van der Waals surface area contributed by atoms with E-state index in [1.807, 2.05) is 30.3 Å². The predicted octanol–water partition coefficient (Wildman–Crippen LogP) is 4.07. The van der Waals surface area contributed by atoms with Crippen LogP contribution in [-0.2, 0) is 9.59 Å². The zero-order chi connectivity index (χ0) is 20.6. The summed E-state index contributed by atoms with van der Waals surface area (Å²) in [4.78, 5) is 24.5. The molecular formula is C22H20N2O5. The predicted molar refractivity (Wildman–Crippen MR) is 110 cm³/mol. The summed E-state index contributed by atoms with van der Waals surface area (Å²) in [5, 5.41) is 5.06. The third-order valence-electron chi connectivity index (χ3n) is 3.95. The maximum atomic E-state index is 12.2. The Bertz CT molecular complexity index is 988. The third-order valence-corrected chi connectivity index (χ3v) is 3.95. The van der Waals surface area contributed by atoms with Crippen molar-refractivity contribution < 1.29 is 23.8 Å². The van der Waals surface area contributed by atoms with E-state index in [1.54, 1.807) is 42.5 Å². The topological polar surface area (TPSA) is 85.9 Å². The lowest BCUT2D eigenvalue weighted by Crippen LogP contribution is -2.29. The Hall–Kier alpha value is -4.00. The Kier molecular flexibility index (Phi) is 6.32. The van der Waals surface area contributed by atoms with Gasteiger partial charge < -0.3 is 24.8 Å². The van der Waals surface area contributed by atoms with Crippen molar-refractivity contribution >= 4 is 23.2 Å². The van der Waals surface area contributed by atoms with E-state index in [0.29, 0.717) is 34.4 Å². The summed E-state index contributed by atoms with van der Waals surface area (Å²) in [5.74, 6) is 0.605. The monoisotopic (exact) mass is 392 g/mol. The van der Waals surface area contributed by atoms with Crippen LogP contribution in [0.15, 0.2) is 72.8 Å². The van der Waals surface area contributed by atoms with Crippen molar-refractivity contribution in [2.45, 2.75) is 0 Å². The fourth-order valence-electron chi connectivity index (χ4n) is 2.51. The number of benzene rings is 3. The van der Waals surface area contributed by atoms with E-state index < -0.39 is 11.8 Å². The number of para-hydroxylation sites is 1. The van der Waals surface area contributed by atoms with Crippen LogP contribution in [0.25, 0.3) is 0 Å². The SMILES string of the molecule is COc1ccc(OC)c(NC(=O)C(=O)Nc2ccc(Oc3ccccc3)cc2)c1. The van der Waals surface area contributed by atoms with Crippen LogP contribution in [0.4, 0.5) is 11.4 Å². The Morgan fingerprint density at radius 1 is 0.690 bits per heavy atom. The fraction of sp³-hybridized carbons (Fsp3) is 0.0909. The second-order valence-corrected chi connectivity index (χ2v) is 5.91. The summed E-state index contributed by atoms with van der Waals surface area (Å²) < 4.78 is 16.0. The second kappa shape index (κ2) is 9.27. The van der Waals surface area contributed by atoms with Gasteiger partial charge in [-0.3, -0.25) is 9.59 Å². The van der Waals surface area contributed by atoms with Gasteiger partial charge in [0.2, 0.25) is 0 Å². The van der Waals surface area contributed by atoms with Crippen molar-refractivity contribution in [3.8, 4) is 23.0 Å². The lowest BCUT2D eigenvalue weighted by molar-refractivity contribution is -0.133. The number of nitrogens with one attached hydrogen (secondary N) is 2. The number of carbonyl (C=O) groups is 2. The highest BCUT2D eigenvalue weighted by Crippen LogP contribution is 2.29. The van der Waals surface area contributed by atoms with E-state index in [4.69, 9.17) is 14.2 Å². The summed E-state index contributed by atoms with van der Waals surface area (Å²) in [6.45, 7) is 0. The van der Waals surface area contributed by atoms with Crippen LogP contribution in [0.5, 0.6) is 23.0 Å². The van der Waals surface area contributed by atoms with Crippen LogP contribution in [0.2, 0.25) is 0 Å². The van der Waals surface area contributed by atoms with Gasteiger partial charge in [0, 0.05) is 11.8 Å². The minimum Gasteiger partial charge on any atom is -0.497 e. The van der Waals surface area contributed by atoms with Crippen molar-refractivity contribution in [1.29, 1.82) is 0 Å². The van der Waals surface area contributed by atoms with E-state index >= 15 is 0 Å². The molecule has 0 saturated heterocycles. The van der Waals surface area contributed by atoms with Crippen LogP contribution in [0, 0.1) is 0 Å². The molecule has 2 amide bonds. The maximum Gasteiger partial charge on any atom is 0.314 e. The number of ether oxygens (including phenoxy) is 3. The van der Waals surface area contributed by atoms with Crippen LogP contribution in [0.3, 0.4) is 0 Å². The summed E-state index contributed by atoms with van der Waals surface area (Å²) >= 11 is 0. The molecule has 148 valence electrons. The van der Waals surface area contributed by atoms with Crippen molar-refractivity contribution in [3.63, 3.8) is 0 Å². The van der Waals surface area contributed by atoms with Crippen molar-refractivity contribution in [3.05, 3.63) is 72.8 Å². The first-order chi connectivity index (χ1) is 14.1. The molecule has 3 aromatic rings. The molecule has 3 aromatic carbocycles. The molecule has 3 rings (SSSR count). The Morgan fingerprint density at radius 2 is 1.31 bits per heavy atom. The lowest BCUT2D eigenvalue weighted by atomic mass is 10.2. The van der Waals surface area contributed by atoms with E-state index in [2.05, 4.69) is 10.6 Å². The molecule has 0 aliphatic rings. The molecule has 0 fully saturated rings. The minimum absolute atomic E-state index is 0.332. The number of anilines is 2. The molecule has 2 N–H and O–H groups in total. The Labute approximate surface area is 168 Å². The fourth-order valence-corrected chi connectivity index (χ4v) is 2.51. The van der Waals surface area contributed by atoms with Crippen LogP contribution in [-0.4, -0.2) is 26.0 Å². The largest absolute Gasteiger partial charge is 0.497 e. The summed E-state index contributed by atoms with van der Waals surface area (Å²) in [5.41, 5.74) is 0.793. The lowest BCUT2D eigenvalue weighted by Gasteiger charge is -2.12. The van der Waals surface area contributed by atoms with E-state index in [0.717, 1.165) is 0 Å². The molecule has 0 aliphatic carbocycles. The van der Waals surface area contributed by atoms with E-state index in [1.165, 1.54) is 14.2 Å². The molecular weight excluding hydrogens is 372 g/mol. The van der Waals surface area contributed by atoms with Gasteiger partial charge in [0.1, 0.15) is 23.0 Å². The van der Waals surface area contributed by atoms with Gasteiger partial charge in [-0.1, -0.05) is 18.2 Å². The zero-order valence-electron chi connectivity index (χ0n) is 16.0. The summed E-state index contributed by atoms with van der Waals surface area (Å²) in [7, 11) is 2.97. The number of carbonyl (C=O) groups excluding carboxylic acids is 2. The van der Waals surface area contributed by atoms with Gasteiger partial charge in [-0.05, 0) is 48.5 Å². The van der Waals surface area contributed by atoms with Gasteiger partial charge in [-0.25, -0.2) is 0 Å². The summed E-state index contributed by atoms with van der Waals surface area (Å²) in [6.07, 6.45) is 0. The first-order valence-corrected chi connectivity index (χ1v) is 8.76. The normalized spacial score (nSPS) is 10.0. The van der Waals surface area contributed by atoms with Crippen LogP contribution in [0.1, 0.15) is 0 Å². The van der Waals surface area contributed by atoms with Crippen molar-refractivity contribution in [1.82, 2.24) is 0 Å². The molecule has 0 bridgehead atoms. The highest BCUT2D eigenvalue weighted by atomic mass is 16.5. The van der Waals surface area contributed by atoms with E-state index in [9.17, 15) is 9.59 Å². The molecule has 29 heavy (non-hydrogen) atoms. The minimum atomic E-state index is -0.832. The van der Waals surface area contributed by atoms with Gasteiger partial charge >= 0.3 is 11.8 Å². The van der Waals surface area contributed by atoms with Crippen LogP contribution < -0.4 is 24.8 Å². The number of methoxy groups -OCH3 is 2. The van der Waals surface area contributed by atoms with Crippen molar-refractivity contribution in [2.75, 3.05) is 24.9 Å². The van der Waals surface area contributed by atoms with Crippen LogP contribution >= 0.6 is 0 Å². The molecule has 0 atom stereocenters. The molecule has 7 nitrogen and oxygen atoms in total. The molecule has 0 unspecified atom stereocenters. The van der Waals surface area contributed by atoms with E-state index in [-0.39, 0.29) is 0 Å². The van der Waals surface area contributed by atoms with Gasteiger partial charge in [0.25, 0.3) is 0 Å². The number of amides is 2. The average Bonchev–Trinajstić information content (AvgIpc) is 2.75. The Morgan fingerprint density at radius 3 is 1.97 bits per heavy atom. The highest BCUT2D eigenvalue weighted by Gasteiger charge is 2.17. The van der Waals surface area contributed by atoms with Gasteiger partial charge in [0.05, 0.1) is 19.9 Å². The quantitative estimate of drug-likeness (QED) is 0.618. The first-order valence-electron chi connectivity index (χ1n) is 8.76. The molecule has 0 radical (unpaired) electrons. The highest BCUT2D eigenvalue weighted by molar-refractivity contribution is 6.43. The first kappa shape index (κ1) is 19.8. The van der Waals surface area contributed by atoms with Gasteiger partial charge in [-0.2, -0.15) is 0 Å². The molecule has 0 saturated carbocycles. The Balaban J connectivity index is 1.62. The average molecular weight is 392 g/mol. The standard InChI is InChI=1S/C22H20N2O5/c1-27-18-12-13-20(28-2)19(14-18)24-22(26)21(25)23-15-8-10-17(11-9-15)29-16-6-4-3-5-7-16/h3-14H,1-2H3,(H,23,25)(H,24,26). The smallest absolute Gasteiger partial charge is 0.314 e. The maximum absolute atomic E-state index is 12.2. The van der Waals surface area contributed by atoms with Gasteiger partial charge in [-0.15, -0.1) is 0 Å². The van der Waals surface area contributed by atoms with Crippen molar-refractivity contribution in [2.24, 2.45) is 0 Å².